The summed E-state index contributed by atoms with van der Waals surface area (Å²) >= 11 is 10.1. The molecule has 3 aromatic carbocycles. The van der Waals surface area contributed by atoms with Gasteiger partial charge in [0.15, 0.2) is 0 Å². The first-order valence-electron chi connectivity index (χ1n) is 10.2. The van der Waals surface area contributed by atoms with Crippen LogP contribution in [0.4, 0.5) is 10.5 Å². The average molecular weight is 558 g/mol. The Bertz CT molecular complexity index is 1280. The number of benzene rings is 3. The van der Waals surface area contributed by atoms with E-state index in [9.17, 15) is 14.4 Å². The van der Waals surface area contributed by atoms with E-state index >= 15 is 0 Å². The van der Waals surface area contributed by atoms with Gasteiger partial charge in [0.2, 0.25) is 5.91 Å². The highest BCUT2D eigenvalue weighted by Gasteiger charge is 2.36. The maximum atomic E-state index is 12.9. The number of amides is 3. The lowest BCUT2D eigenvalue weighted by Crippen LogP contribution is -2.36. The summed E-state index contributed by atoms with van der Waals surface area (Å²) in [5.41, 5.74) is 2.15. The normalized spacial score (nSPS) is 14.5. The number of nitrogens with one attached hydrogen (secondary N) is 1. The van der Waals surface area contributed by atoms with Gasteiger partial charge in [-0.15, -0.1) is 0 Å². The van der Waals surface area contributed by atoms with Crippen molar-refractivity contribution in [2.75, 3.05) is 11.9 Å². The molecule has 3 amide bonds. The van der Waals surface area contributed by atoms with E-state index in [1.165, 1.54) is 0 Å². The fourth-order valence-electron chi connectivity index (χ4n) is 3.15. The van der Waals surface area contributed by atoms with Gasteiger partial charge < -0.3 is 10.1 Å². The lowest BCUT2D eigenvalue weighted by molar-refractivity contribution is -0.127. The molecule has 1 aliphatic rings. The van der Waals surface area contributed by atoms with Crippen molar-refractivity contribution in [1.82, 2.24) is 4.90 Å². The molecule has 0 radical (unpaired) electrons. The molecule has 0 aromatic heterocycles. The maximum absolute atomic E-state index is 12.9. The molecule has 0 aliphatic carbocycles. The van der Waals surface area contributed by atoms with Crippen LogP contribution in [0.3, 0.4) is 0 Å². The number of imide groups is 1. The molecule has 4 rings (SSSR count). The largest absolute Gasteiger partial charge is 0.488 e. The Labute approximate surface area is 214 Å². The van der Waals surface area contributed by atoms with Crippen molar-refractivity contribution in [2.24, 2.45) is 0 Å². The van der Waals surface area contributed by atoms with Crippen molar-refractivity contribution < 1.29 is 19.1 Å². The van der Waals surface area contributed by atoms with E-state index in [0.29, 0.717) is 33.1 Å². The zero-order valence-electron chi connectivity index (χ0n) is 17.7. The molecule has 1 saturated heterocycles. The number of thioether (sulfide) groups is 1. The second-order valence-corrected chi connectivity index (χ2v) is 9.53. The number of rotatable bonds is 7. The monoisotopic (exact) mass is 556 g/mol. The van der Waals surface area contributed by atoms with E-state index in [2.05, 4.69) is 21.2 Å². The predicted octanol–water partition coefficient (Wildman–Crippen LogP) is 6.36. The van der Waals surface area contributed by atoms with Crippen LogP contribution in [0.25, 0.3) is 6.08 Å². The SMILES string of the molecule is O=C(CN1C(=O)S/C(=C/c2ccccc2OCc2ccc(Cl)cc2)C1=O)Nc1ccccc1Br. The van der Waals surface area contributed by atoms with E-state index in [1.54, 1.807) is 48.5 Å². The van der Waals surface area contributed by atoms with E-state index in [0.717, 1.165) is 22.2 Å². The molecular weight excluding hydrogens is 540 g/mol. The highest BCUT2D eigenvalue weighted by atomic mass is 79.9. The molecular formula is C25H18BrClN2O4S. The van der Waals surface area contributed by atoms with Crippen LogP contribution in [0.15, 0.2) is 82.2 Å². The number of carbonyl (C=O) groups excluding carboxylic acids is 3. The van der Waals surface area contributed by atoms with Gasteiger partial charge in [0.25, 0.3) is 11.1 Å². The van der Waals surface area contributed by atoms with Gasteiger partial charge in [-0.1, -0.05) is 54.1 Å². The van der Waals surface area contributed by atoms with Crippen molar-refractivity contribution in [3.8, 4) is 5.75 Å². The average Bonchev–Trinajstić information content (AvgIpc) is 3.08. The van der Waals surface area contributed by atoms with Gasteiger partial charge in [-0.25, -0.2) is 0 Å². The Hall–Kier alpha value is -3.07. The van der Waals surface area contributed by atoms with Gasteiger partial charge in [-0.2, -0.15) is 0 Å². The van der Waals surface area contributed by atoms with Crippen molar-refractivity contribution >= 4 is 68.1 Å². The number of halogens is 2. The molecule has 1 aliphatic heterocycles. The first-order valence-corrected chi connectivity index (χ1v) is 12.2. The van der Waals surface area contributed by atoms with Crippen molar-refractivity contribution in [2.45, 2.75) is 6.61 Å². The van der Waals surface area contributed by atoms with Crippen LogP contribution in [-0.4, -0.2) is 28.5 Å². The minimum absolute atomic E-state index is 0.223. The number of para-hydroxylation sites is 2. The number of nitrogens with zero attached hydrogens (tertiary/aromatic N) is 1. The summed E-state index contributed by atoms with van der Waals surface area (Å²) < 4.78 is 6.63. The number of hydrogen-bond donors (Lipinski definition) is 1. The summed E-state index contributed by atoms with van der Waals surface area (Å²) in [6, 6.07) is 21.6. The second kappa shape index (κ2) is 10.9. The Morgan fingerprint density at radius 1 is 1.03 bits per heavy atom. The number of hydrogen-bond acceptors (Lipinski definition) is 5. The highest BCUT2D eigenvalue weighted by Crippen LogP contribution is 2.34. The van der Waals surface area contributed by atoms with Gasteiger partial charge in [0.05, 0.1) is 10.6 Å². The third-order valence-corrected chi connectivity index (χ3v) is 6.69. The zero-order valence-corrected chi connectivity index (χ0v) is 20.8. The second-order valence-electron chi connectivity index (χ2n) is 7.25. The topological polar surface area (TPSA) is 75.7 Å². The predicted molar refractivity (Wildman–Crippen MR) is 138 cm³/mol. The number of ether oxygens (including phenoxy) is 1. The van der Waals surface area contributed by atoms with Crippen LogP contribution in [0, 0.1) is 0 Å². The Morgan fingerprint density at radius 3 is 2.50 bits per heavy atom. The first kappa shape index (κ1) is 24.1. The first-order chi connectivity index (χ1) is 16.4. The van der Waals surface area contributed by atoms with E-state index in [-0.39, 0.29) is 11.4 Å². The molecule has 0 saturated carbocycles. The summed E-state index contributed by atoms with van der Waals surface area (Å²) in [6.45, 7) is -0.0588. The highest BCUT2D eigenvalue weighted by molar-refractivity contribution is 9.10. The molecule has 172 valence electrons. The fraction of sp³-hybridized carbons (Fsp3) is 0.0800. The molecule has 0 spiro atoms. The molecule has 34 heavy (non-hydrogen) atoms. The van der Waals surface area contributed by atoms with Gasteiger partial charge in [0.1, 0.15) is 18.9 Å². The van der Waals surface area contributed by atoms with Crippen LogP contribution in [0.2, 0.25) is 5.02 Å². The molecule has 0 bridgehead atoms. The molecule has 1 fully saturated rings. The van der Waals surface area contributed by atoms with Crippen LogP contribution < -0.4 is 10.1 Å². The Kier molecular flexibility index (Phi) is 7.72. The standard InChI is InChI=1S/C25H18BrClN2O4S/c26-19-6-2-3-7-20(19)28-23(30)14-29-24(31)22(34-25(29)32)13-17-5-1-4-8-21(17)33-15-16-9-11-18(27)12-10-16/h1-13H,14-15H2,(H,28,30)/b22-13+. The molecule has 0 atom stereocenters. The van der Waals surface area contributed by atoms with Crippen molar-refractivity contribution in [3.63, 3.8) is 0 Å². The van der Waals surface area contributed by atoms with Crippen LogP contribution in [0.1, 0.15) is 11.1 Å². The molecule has 3 aromatic rings. The molecule has 1 heterocycles. The summed E-state index contributed by atoms with van der Waals surface area (Å²) in [7, 11) is 0. The van der Waals surface area contributed by atoms with Gasteiger partial charge in [0, 0.05) is 15.1 Å². The van der Waals surface area contributed by atoms with Crippen LogP contribution in [-0.2, 0) is 16.2 Å². The molecule has 0 unspecified atom stereocenters. The van der Waals surface area contributed by atoms with E-state index in [1.807, 2.05) is 30.3 Å². The summed E-state index contributed by atoms with van der Waals surface area (Å²) in [5.74, 6) is -0.428. The van der Waals surface area contributed by atoms with Gasteiger partial charge >= 0.3 is 0 Å². The number of carbonyl (C=O) groups is 3. The van der Waals surface area contributed by atoms with Crippen LogP contribution >= 0.6 is 39.3 Å². The van der Waals surface area contributed by atoms with E-state index in [4.69, 9.17) is 16.3 Å². The Balaban J connectivity index is 1.45. The molecule has 9 heteroatoms. The molecule has 1 N–H and O–H groups in total. The zero-order chi connectivity index (χ0) is 24.1. The minimum Gasteiger partial charge on any atom is -0.488 e. The summed E-state index contributed by atoms with van der Waals surface area (Å²) in [6.07, 6.45) is 1.60. The van der Waals surface area contributed by atoms with Crippen LogP contribution in [0.5, 0.6) is 5.75 Å². The smallest absolute Gasteiger partial charge is 0.294 e. The van der Waals surface area contributed by atoms with Crippen molar-refractivity contribution in [1.29, 1.82) is 0 Å². The third-order valence-electron chi connectivity index (χ3n) is 4.84. The quantitative estimate of drug-likeness (QED) is 0.342. The third kappa shape index (κ3) is 5.88. The van der Waals surface area contributed by atoms with E-state index < -0.39 is 17.1 Å². The maximum Gasteiger partial charge on any atom is 0.294 e. The number of anilines is 1. The van der Waals surface area contributed by atoms with Gasteiger partial charge in [-0.05, 0) is 69.7 Å². The van der Waals surface area contributed by atoms with Crippen molar-refractivity contribution in [3.05, 3.63) is 98.3 Å². The molecule has 6 nitrogen and oxygen atoms in total. The minimum atomic E-state index is -0.523. The lowest BCUT2D eigenvalue weighted by atomic mass is 10.1. The fourth-order valence-corrected chi connectivity index (χ4v) is 4.49. The lowest BCUT2D eigenvalue weighted by Gasteiger charge is -2.13. The summed E-state index contributed by atoms with van der Waals surface area (Å²) in [5, 5.41) is 2.84. The Morgan fingerprint density at radius 2 is 1.74 bits per heavy atom. The summed E-state index contributed by atoms with van der Waals surface area (Å²) in [4.78, 5) is 38.9. The van der Waals surface area contributed by atoms with Gasteiger partial charge in [-0.3, -0.25) is 19.3 Å².